The lowest BCUT2D eigenvalue weighted by Gasteiger charge is -2.29. The summed E-state index contributed by atoms with van der Waals surface area (Å²) in [4.78, 5) is 21.9. The second-order valence-corrected chi connectivity index (χ2v) is 4.99. The van der Waals surface area contributed by atoms with Gasteiger partial charge in [0.2, 0.25) is 11.8 Å². The lowest BCUT2D eigenvalue weighted by molar-refractivity contribution is -0.137. The van der Waals surface area contributed by atoms with Crippen molar-refractivity contribution in [2.24, 2.45) is 5.92 Å². The van der Waals surface area contributed by atoms with E-state index in [1.165, 1.54) is 12.7 Å². The standard InChI is InChI=1S/C13H17N3O2/c17-13(10-2-1-3-10)16-7-5-11(8-16)18-12-4-6-14-9-15-12/h4,6,9-11H,1-3,5,7-8H2. The molecular weight excluding hydrogens is 230 g/mol. The summed E-state index contributed by atoms with van der Waals surface area (Å²) >= 11 is 0. The Morgan fingerprint density at radius 1 is 1.39 bits per heavy atom. The van der Waals surface area contributed by atoms with Gasteiger partial charge in [0, 0.05) is 31.1 Å². The van der Waals surface area contributed by atoms with Gasteiger partial charge in [-0.15, -0.1) is 0 Å². The summed E-state index contributed by atoms with van der Waals surface area (Å²) in [6.07, 6.45) is 7.42. The Labute approximate surface area is 106 Å². The third-order valence-electron chi connectivity index (χ3n) is 3.75. The number of nitrogens with zero attached hydrogens (tertiary/aromatic N) is 3. The lowest BCUT2D eigenvalue weighted by Crippen LogP contribution is -2.38. The molecule has 0 N–H and O–H groups in total. The summed E-state index contributed by atoms with van der Waals surface area (Å²) in [7, 11) is 0. The Morgan fingerprint density at radius 3 is 2.94 bits per heavy atom. The molecule has 2 aliphatic rings. The first kappa shape index (κ1) is 11.4. The van der Waals surface area contributed by atoms with Crippen LogP contribution in [0.5, 0.6) is 5.88 Å². The highest BCUT2D eigenvalue weighted by molar-refractivity contribution is 5.79. The molecule has 18 heavy (non-hydrogen) atoms. The maximum Gasteiger partial charge on any atom is 0.225 e. The highest BCUT2D eigenvalue weighted by Crippen LogP contribution is 2.29. The van der Waals surface area contributed by atoms with E-state index in [0.29, 0.717) is 18.3 Å². The van der Waals surface area contributed by atoms with Crippen LogP contribution in [0.2, 0.25) is 0 Å². The molecule has 2 fully saturated rings. The van der Waals surface area contributed by atoms with Crippen molar-refractivity contribution < 1.29 is 9.53 Å². The fraction of sp³-hybridized carbons (Fsp3) is 0.615. The number of ether oxygens (including phenoxy) is 1. The quantitative estimate of drug-likeness (QED) is 0.806. The first-order valence-electron chi connectivity index (χ1n) is 6.54. The number of hydrogen-bond acceptors (Lipinski definition) is 4. The zero-order chi connectivity index (χ0) is 12.4. The van der Waals surface area contributed by atoms with Crippen molar-refractivity contribution in [1.29, 1.82) is 0 Å². The Bertz CT molecular complexity index is 420. The maximum absolute atomic E-state index is 12.1. The third kappa shape index (κ3) is 2.30. The molecule has 0 radical (unpaired) electrons. The molecule has 1 aromatic rings. The molecule has 0 spiro atoms. The van der Waals surface area contributed by atoms with E-state index in [9.17, 15) is 4.79 Å². The number of hydrogen-bond donors (Lipinski definition) is 0. The van der Waals surface area contributed by atoms with Crippen molar-refractivity contribution in [2.45, 2.75) is 31.8 Å². The molecular formula is C13H17N3O2. The van der Waals surface area contributed by atoms with Gasteiger partial charge in [0.25, 0.3) is 0 Å². The molecule has 1 aromatic heterocycles. The monoisotopic (exact) mass is 247 g/mol. The van der Waals surface area contributed by atoms with Crippen molar-refractivity contribution in [3.8, 4) is 5.88 Å². The van der Waals surface area contributed by atoms with Crippen LogP contribution in [0.4, 0.5) is 0 Å². The summed E-state index contributed by atoms with van der Waals surface area (Å²) in [5.41, 5.74) is 0. The predicted molar refractivity (Wildman–Crippen MR) is 65.0 cm³/mol. The van der Waals surface area contributed by atoms with Crippen molar-refractivity contribution in [3.63, 3.8) is 0 Å². The van der Waals surface area contributed by atoms with Gasteiger partial charge in [0.05, 0.1) is 6.54 Å². The molecule has 1 atom stereocenters. The zero-order valence-electron chi connectivity index (χ0n) is 10.3. The van der Waals surface area contributed by atoms with Crippen LogP contribution in [0.25, 0.3) is 0 Å². The van der Waals surface area contributed by atoms with Gasteiger partial charge in [-0.25, -0.2) is 9.97 Å². The Kier molecular flexibility index (Phi) is 3.13. The fourth-order valence-electron chi connectivity index (χ4n) is 2.46. The minimum Gasteiger partial charge on any atom is -0.472 e. The van der Waals surface area contributed by atoms with E-state index >= 15 is 0 Å². The molecule has 3 rings (SSSR count). The molecule has 0 bridgehead atoms. The van der Waals surface area contributed by atoms with Crippen LogP contribution in [0.1, 0.15) is 25.7 Å². The van der Waals surface area contributed by atoms with Gasteiger partial charge in [-0.2, -0.15) is 0 Å². The van der Waals surface area contributed by atoms with Gasteiger partial charge in [-0.3, -0.25) is 4.79 Å². The molecule has 1 aliphatic heterocycles. The largest absolute Gasteiger partial charge is 0.472 e. The first-order valence-corrected chi connectivity index (χ1v) is 6.54. The van der Waals surface area contributed by atoms with Gasteiger partial charge < -0.3 is 9.64 Å². The van der Waals surface area contributed by atoms with Gasteiger partial charge in [0.1, 0.15) is 12.4 Å². The van der Waals surface area contributed by atoms with Crippen LogP contribution in [0.3, 0.4) is 0 Å². The third-order valence-corrected chi connectivity index (χ3v) is 3.75. The number of amides is 1. The molecule has 5 heteroatoms. The van der Waals surface area contributed by atoms with Crippen molar-refractivity contribution in [3.05, 3.63) is 18.6 Å². The van der Waals surface area contributed by atoms with E-state index < -0.39 is 0 Å². The van der Waals surface area contributed by atoms with E-state index in [0.717, 1.165) is 25.8 Å². The second kappa shape index (κ2) is 4.92. The minimum absolute atomic E-state index is 0.0731. The second-order valence-electron chi connectivity index (χ2n) is 4.99. The summed E-state index contributed by atoms with van der Waals surface area (Å²) in [6.45, 7) is 1.50. The average molecular weight is 247 g/mol. The van der Waals surface area contributed by atoms with E-state index in [2.05, 4.69) is 9.97 Å². The number of likely N-dealkylation sites (tertiary alicyclic amines) is 1. The molecule has 0 aromatic carbocycles. The maximum atomic E-state index is 12.1. The fourth-order valence-corrected chi connectivity index (χ4v) is 2.46. The first-order chi connectivity index (χ1) is 8.83. The summed E-state index contributed by atoms with van der Waals surface area (Å²) < 4.78 is 5.74. The van der Waals surface area contributed by atoms with E-state index in [4.69, 9.17) is 4.74 Å². The molecule has 1 amide bonds. The predicted octanol–water partition coefficient (Wildman–Crippen LogP) is 1.26. The molecule has 1 saturated carbocycles. The number of rotatable bonds is 3. The molecule has 5 nitrogen and oxygen atoms in total. The van der Waals surface area contributed by atoms with Crippen molar-refractivity contribution in [2.75, 3.05) is 13.1 Å². The topological polar surface area (TPSA) is 55.3 Å². The Balaban J connectivity index is 1.53. The van der Waals surface area contributed by atoms with Crippen LogP contribution in [-0.4, -0.2) is 40.0 Å². The molecule has 1 unspecified atom stereocenters. The Hall–Kier alpha value is -1.65. The molecule has 1 saturated heterocycles. The average Bonchev–Trinajstić information content (AvgIpc) is 2.76. The van der Waals surface area contributed by atoms with Gasteiger partial charge in [-0.05, 0) is 12.8 Å². The lowest BCUT2D eigenvalue weighted by atomic mass is 9.84. The van der Waals surface area contributed by atoms with Crippen LogP contribution in [0, 0.1) is 5.92 Å². The van der Waals surface area contributed by atoms with Crippen LogP contribution in [0.15, 0.2) is 18.6 Å². The molecule has 1 aliphatic carbocycles. The highest BCUT2D eigenvalue weighted by atomic mass is 16.5. The summed E-state index contributed by atoms with van der Waals surface area (Å²) in [6, 6.07) is 1.75. The smallest absolute Gasteiger partial charge is 0.225 e. The van der Waals surface area contributed by atoms with Crippen LogP contribution < -0.4 is 4.74 Å². The minimum atomic E-state index is 0.0731. The Morgan fingerprint density at radius 2 is 2.28 bits per heavy atom. The van der Waals surface area contributed by atoms with Crippen molar-refractivity contribution >= 4 is 5.91 Å². The van der Waals surface area contributed by atoms with Gasteiger partial charge >= 0.3 is 0 Å². The highest BCUT2D eigenvalue weighted by Gasteiger charge is 2.34. The zero-order valence-corrected chi connectivity index (χ0v) is 10.3. The van der Waals surface area contributed by atoms with Crippen LogP contribution >= 0.6 is 0 Å². The number of carbonyl (C=O) groups excluding carboxylic acids is 1. The summed E-state index contributed by atoms with van der Waals surface area (Å²) in [5.74, 6) is 1.19. The summed E-state index contributed by atoms with van der Waals surface area (Å²) in [5, 5.41) is 0. The van der Waals surface area contributed by atoms with Gasteiger partial charge in [0.15, 0.2) is 0 Å². The van der Waals surface area contributed by atoms with Crippen molar-refractivity contribution in [1.82, 2.24) is 14.9 Å². The normalized spacial score (nSPS) is 23.8. The van der Waals surface area contributed by atoms with Crippen LogP contribution in [-0.2, 0) is 4.79 Å². The van der Waals surface area contributed by atoms with Gasteiger partial charge in [-0.1, -0.05) is 6.42 Å². The SMILES string of the molecule is O=C(C1CCC1)N1CCC(Oc2ccncn2)C1. The molecule has 96 valence electrons. The van der Waals surface area contributed by atoms with E-state index in [1.54, 1.807) is 12.3 Å². The number of carbonyl (C=O) groups is 1. The van der Waals surface area contributed by atoms with E-state index in [1.807, 2.05) is 4.90 Å². The number of aromatic nitrogens is 2. The molecule has 2 heterocycles. The van der Waals surface area contributed by atoms with E-state index in [-0.39, 0.29) is 12.0 Å².